The van der Waals surface area contributed by atoms with Crippen LogP contribution < -0.4 is 15.4 Å². The van der Waals surface area contributed by atoms with Crippen LogP contribution in [0, 0.1) is 0 Å². The monoisotopic (exact) mass is 322 g/mol. The second kappa shape index (κ2) is 7.32. The van der Waals surface area contributed by atoms with Gasteiger partial charge in [0.1, 0.15) is 5.75 Å². The Morgan fingerprint density at radius 2 is 2.04 bits per heavy atom. The van der Waals surface area contributed by atoms with Gasteiger partial charge in [0.25, 0.3) is 0 Å². The molecule has 0 bridgehead atoms. The highest BCUT2D eigenvalue weighted by Gasteiger charge is 2.04. The van der Waals surface area contributed by atoms with Crippen LogP contribution in [-0.2, 0) is 6.54 Å². The van der Waals surface area contributed by atoms with Crippen LogP contribution in [0.1, 0.15) is 5.56 Å². The van der Waals surface area contributed by atoms with E-state index >= 15 is 0 Å². The number of ether oxygens (including phenoxy) is 1. The SMILES string of the molecule is COc1cccc(CNC(=O)Nc2cccc(-n3cccn3)c2)c1. The summed E-state index contributed by atoms with van der Waals surface area (Å²) in [5.41, 5.74) is 2.55. The smallest absolute Gasteiger partial charge is 0.319 e. The molecule has 2 amide bonds. The van der Waals surface area contributed by atoms with E-state index < -0.39 is 0 Å². The fourth-order valence-corrected chi connectivity index (χ4v) is 2.29. The zero-order valence-electron chi connectivity index (χ0n) is 13.3. The molecule has 122 valence electrons. The quantitative estimate of drug-likeness (QED) is 0.758. The molecule has 3 rings (SSSR count). The molecule has 1 heterocycles. The van der Waals surface area contributed by atoms with E-state index in [2.05, 4.69) is 15.7 Å². The number of aromatic nitrogens is 2. The molecule has 0 radical (unpaired) electrons. The molecule has 24 heavy (non-hydrogen) atoms. The number of carbonyl (C=O) groups excluding carboxylic acids is 1. The molecular weight excluding hydrogens is 304 g/mol. The van der Waals surface area contributed by atoms with Crippen molar-refractivity contribution in [3.63, 3.8) is 0 Å². The maximum atomic E-state index is 12.1. The van der Waals surface area contributed by atoms with Crippen molar-refractivity contribution in [1.82, 2.24) is 15.1 Å². The highest BCUT2D eigenvalue weighted by Crippen LogP contribution is 2.14. The molecule has 0 aliphatic rings. The molecule has 6 nitrogen and oxygen atoms in total. The van der Waals surface area contributed by atoms with E-state index in [4.69, 9.17) is 4.74 Å². The third kappa shape index (κ3) is 3.92. The Bertz CT molecular complexity index is 815. The number of hydrogen-bond acceptors (Lipinski definition) is 3. The fourth-order valence-electron chi connectivity index (χ4n) is 2.29. The van der Waals surface area contributed by atoms with E-state index in [-0.39, 0.29) is 6.03 Å². The summed E-state index contributed by atoms with van der Waals surface area (Å²) < 4.78 is 6.90. The predicted octanol–water partition coefficient (Wildman–Crippen LogP) is 3.20. The first-order valence-electron chi connectivity index (χ1n) is 7.52. The molecular formula is C18H18N4O2. The van der Waals surface area contributed by atoms with Gasteiger partial charge in [-0.25, -0.2) is 9.48 Å². The second-order valence-electron chi connectivity index (χ2n) is 5.16. The number of amides is 2. The van der Waals surface area contributed by atoms with E-state index in [1.165, 1.54) is 0 Å². The zero-order valence-corrected chi connectivity index (χ0v) is 13.3. The molecule has 0 spiro atoms. The summed E-state index contributed by atoms with van der Waals surface area (Å²) in [6.45, 7) is 0.419. The Labute approximate surface area is 140 Å². The van der Waals surface area contributed by atoms with Gasteiger partial charge in [-0.3, -0.25) is 0 Å². The number of carbonyl (C=O) groups is 1. The minimum Gasteiger partial charge on any atom is -0.497 e. The maximum absolute atomic E-state index is 12.1. The van der Waals surface area contributed by atoms with E-state index in [1.54, 1.807) is 18.0 Å². The van der Waals surface area contributed by atoms with Gasteiger partial charge in [0, 0.05) is 24.6 Å². The molecule has 2 aromatic carbocycles. The lowest BCUT2D eigenvalue weighted by Gasteiger charge is -2.10. The highest BCUT2D eigenvalue weighted by molar-refractivity contribution is 5.89. The summed E-state index contributed by atoms with van der Waals surface area (Å²) >= 11 is 0. The molecule has 0 atom stereocenters. The van der Waals surface area contributed by atoms with Crippen LogP contribution in [0.2, 0.25) is 0 Å². The fraction of sp³-hybridized carbons (Fsp3) is 0.111. The van der Waals surface area contributed by atoms with E-state index in [1.807, 2.05) is 60.8 Å². The van der Waals surface area contributed by atoms with Crippen LogP contribution in [0.15, 0.2) is 67.0 Å². The second-order valence-corrected chi connectivity index (χ2v) is 5.16. The van der Waals surface area contributed by atoms with Gasteiger partial charge in [0.05, 0.1) is 12.8 Å². The Balaban J connectivity index is 1.59. The molecule has 6 heteroatoms. The third-order valence-electron chi connectivity index (χ3n) is 3.46. The van der Waals surface area contributed by atoms with Crippen molar-refractivity contribution in [2.45, 2.75) is 6.54 Å². The number of benzene rings is 2. The van der Waals surface area contributed by atoms with Crippen LogP contribution in [0.3, 0.4) is 0 Å². The zero-order chi connectivity index (χ0) is 16.8. The van der Waals surface area contributed by atoms with Gasteiger partial charge < -0.3 is 15.4 Å². The van der Waals surface area contributed by atoms with Crippen LogP contribution in [0.5, 0.6) is 5.75 Å². The molecule has 0 saturated carbocycles. The lowest BCUT2D eigenvalue weighted by Crippen LogP contribution is -2.28. The highest BCUT2D eigenvalue weighted by atomic mass is 16.5. The minimum atomic E-state index is -0.268. The summed E-state index contributed by atoms with van der Waals surface area (Å²) in [6.07, 6.45) is 3.56. The predicted molar refractivity (Wildman–Crippen MR) is 92.4 cm³/mol. The Morgan fingerprint density at radius 1 is 1.17 bits per heavy atom. The first-order chi connectivity index (χ1) is 11.7. The van der Waals surface area contributed by atoms with Crippen LogP contribution in [0.4, 0.5) is 10.5 Å². The number of nitrogens with zero attached hydrogens (tertiary/aromatic N) is 2. The average molecular weight is 322 g/mol. The minimum absolute atomic E-state index is 0.268. The summed E-state index contributed by atoms with van der Waals surface area (Å²) in [5, 5.41) is 9.82. The van der Waals surface area contributed by atoms with Crippen LogP contribution in [0.25, 0.3) is 5.69 Å². The van der Waals surface area contributed by atoms with Crippen molar-refractivity contribution in [3.8, 4) is 11.4 Å². The van der Waals surface area contributed by atoms with Gasteiger partial charge >= 0.3 is 6.03 Å². The van der Waals surface area contributed by atoms with E-state index in [0.29, 0.717) is 12.2 Å². The van der Waals surface area contributed by atoms with Crippen molar-refractivity contribution < 1.29 is 9.53 Å². The summed E-state index contributed by atoms with van der Waals surface area (Å²) in [7, 11) is 1.62. The molecule has 0 unspecified atom stereocenters. The number of anilines is 1. The first kappa shape index (κ1) is 15.6. The normalized spacial score (nSPS) is 10.2. The van der Waals surface area contributed by atoms with Gasteiger partial charge in [-0.1, -0.05) is 18.2 Å². The summed E-state index contributed by atoms with van der Waals surface area (Å²) in [5.74, 6) is 0.765. The van der Waals surface area contributed by atoms with Gasteiger partial charge in [-0.15, -0.1) is 0 Å². The molecule has 3 aromatic rings. The number of urea groups is 1. The van der Waals surface area contributed by atoms with Crippen molar-refractivity contribution >= 4 is 11.7 Å². The van der Waals surface area contributed by atoms with Gasteiger partial charge in [0.2, 0.25) is 0 Å². The standard InChI is InChI=1S/C18H18N4O2/c1-24-17-8-2-5-14(11-17)13-19-18(23)21-15-6-3-7-16(12-15)22-10-4-9-20-22/h2-12H,13H2,1H3,(H2,19,21,23). The Morgan fingerprint density at radius 3 is 2.83 bits per heavy atom. The number of nitrogens with one attached hydrogen (secondary N) is 2. The number of methoxy groups -OCH3 is 1. The number of rotatable bonds is 5. The first-order valence-corrected chi connectivity index (χ1v) is 7.52. The lowest BCUT2D eigenvalue weighted by atomic mass is 10.2. The molecule has 1 aromatic heterocycles. The van der Waals surface area contributed by atoms with Crippen molar-refractivity contribution in [1.29, 1.82) is 0 Å². The molecule has 0 aliphatic carbocycles. The van der Waals surface area contributed by atoms with Crippen molar-refractivity contribution in [3.05, 3.63) is 72.6 Å². The molecule has 0 fully saturated rings. The summed E-state index contributed by atoms with van der Waals surface area (Å²) in [4.78, 5) is 12.1. The van der Waals surface area contributed by atoms with Gasteiger partial charge in [0.15, 0.2) is 0 Å². The molecule has 2 N–H and O–H groups in total. The largest absolute Gasteiger partial charge is 0.497 e. The topological polar surface area (TPSA) is 68.2 Å². The third-order valence-corrected chi connectivity index (χ3v) is 3.46. The molecule has 0 saturated heterocycles. The van der Waals surface area contributed by atoms with E-state index in [9.17, 15) is 4.79 Å². The van der Waals surface area contributed by atoms with Crippen LogP contribution >= 0.6 is 0 Å². The Hall–Kier alpha value is -3.28. The van der Waals surface area contributed by atoms with Crippen molar-refractivity contribution in [2.24, 2.45) is 0 Å². The average Bonchev–Trinajstić information content (AvgIpc) is 3.15. The van der Waals surface area contributed by atoms with E-state index in [0.717, 1.165) is 17.0 Å². The van der Waals surface area contributed by atoms with Crippen molar-refractivity contribution in [2.75, 3.05) is 12.4 Å². The summed E-state index contributed by atoms with van der Waals surface area (Å²) in [6, 6.07) is 16.6. The van der Waals surface area contributed by atoms with Gasteiger partial charge in [-0.05, 0) is 42.0 Å². The Kier molecular flexibility index (Phi) is 4.76. The lowest BCUT2D eigenvalue weighted by molar-refractivity contribution is 0.251. The maximum Gasteiger partial charge on any atom is 0.319 e. The number of hydrogen-bond donors (Lipinski definition) is 2. The van der Waals surface area contributed by atoms with Gasteiger partial charge in [-0.2, -0.15) is 5.10 Å². The van der Waals surface area contributed by atoms with Crippen LogP contribution in [-0.4, -0.2) is 22.9 Å². The molecule has 0 aliphatic heterocycles.